The molecule has 24 heavy (non-hydrogen) atoms. The Morgan fingerprint density at radius 2 is 2.04 bits per heavy atom. The number of nitrogens with one attached hydrogen (secondary N) is 2. The van der Waals surface area contributed by atoms with Gasteiger partial charge in [0.1, 0.15) is 11.6 Å². The highest BCUT2D eigenvalue weighted by atomic mass is 16.1. The van der Waals surface area contributed by atoms with Gasteiger partial charge in [0.2, 0.25) is 5.95 Å². The molecule has 0 bridgehead atoms. The summed E-state index contributed by atoms with van der Waals surface area (Å²) in [6, 6.07) is 9.55. The molecule has 0 saturated carbocycles. The highest BCUT2D eigenvalue weighted by Gasteiger charge is 2.15. The molecular weight excluding hydrogens is 306 g/mol. The average Bonchev–Trinajstić information content (AvgIpc) is 3.01. The predicted molar refractivity (Wildman–Crippen MR) is 89.0 cm³/mol. The van der Waals surface area contributed by atoms with Crippen LogP contribution in [0.5, 0.6) is 0 Å². The van der Waals surface area contributed by atoms with Crippen molar-refractivity contribution >= 4 is 11.9 Å². The molecule has 0 atom stereocenters. The second-order valence-corrected chi connectivity index (χ2v) is 5.19. The van der Waals surface area contributed by atoms with Crippen LogP contribution in [0.2, 0.25) is 0 Å². The first-order valence-corrected chi connectivity index (χ1v) is 7.47. The van der Waals surface area contributed by atoms with Crippen molar-refractivity contribution in [2.24, 2.45) is 0 Å². The first kappa shape index (κ1) is 15.6. The summed E-state index contributed by atoms with van der Waals surface area (Å²) in [6.45, 7) is 2.19. The van der Waals surface area contributed by atoms with Gasteiger partial charge in [0.15, 0.2) is 0 Å². The number of nitrogens with zero attached hydrogens (tertiary/aromatic N) is 4. The maximum absolute atomic E-state index is 12.5. The minimum absolute atomic E-state index is 0.189. The van der Waals surface area contributed by atoms with Crippen molar-refractivity contribution in [2.45, 2.75) is 13.3 Å². The third-order valence-corrected chi connectivity index (χ3v) is 3.40. The number of amides is 1. The van der Waals surface area contributed by atoms with Crippen LogP contribution in [0.1, 0.15) is 22.0 Å². The molecular formula is C16H17N7O. The number of nitrogen functional groups attached to an aromatic ring is 1. The number of nitrogens with two attached hydrogens (primary N) is 1. The minimum Gasteiger partial charge on any atom is -0.367 e. The molecule has 8 heteroatoms. The van der Waals surface area contributed by atoms with Gasteiger partial charge in [-0.3, -0.25) is 9.89 Å². The van der Waals surface area contributed by atoms with E-state index < -0.39 is 0 Å². The zero-order chi connectivity index (χ0) is 16.9. The summed E-state index contributed by atoms with van der Waals surface area (Å²) >= 11 is 0. The Morgan fingerprint density at radius 1 is 1.25 bits per heavy atom. The van der Waals surface area contributed by atoms with Crippen LogP contribution in [-0.4, -0.2) is 37.6 Å². The molecule has 1 amide bonds. The maximum Gasteiger partial charge on any atom is 0.255 e. The van der Waals surface area contributed by atoms with Gasteiger partial charge in [-0.15, -0.1) is 5.10 Å². The van der Waals surface area contributed by atoms with E-state index in [9.17, 15) is 4.79 Å². The van der Waals surface area contributed by atoms with Gasteiger partial charge in [0.25, 0.3) is 5.91 Å². The summed E-state index contributed by atoms with van der Waals surface area (Å²) in [5, 5.41) is 9.29. The summed E-state index contributed by atoms with van der Waals surface area (Å²) < 4.78 is 0. The SMILES string of the molecule is Cc1ncc(C(=O)NCCc2nc(N)n[nH]2)c(-c2ccccc2)n1. The Bertz CT molecular complexity index is 845. The average molecular weight is 323 g/mol. The van der Waals surface area contributed by atoms with Crippen LogP contribution in [0.15, 0.2) is 36.5 Å². The van der Waals surface area contributed by atoms with Gasteiger partial charge in [-0.25, -0.2) is 9.97 Å². The highest BCUT2D eigenvalue weighted by Crippen LogP contribution is 2.20. The van der Waals surface area contributed by atoms with E-state index in [0.29, 0.717) is 35.9 Å². The first-order chi connectivity index (χ1) is 11.6. The molecule has 2 heterocycles. The fraction of sp³-hybridized carbons (Fsp3) is 0.188. The maximum atomic E-state index is 12.5. The van der Waals surface area contributed by atoms with Crippen molar-refractivity contribution in [2.75, 3.05) is 12.3 Å². The standard InChI is InChI=1S/C16H17N7O/c1-10-19-9-12(14(20-10)11-5-3-2-4-6-11)15(24)18-8-7-13-21-16(17)23-22-13/h2-6,9H,7-8H2,1H3,(H,18,24)(H3,17,21,22,23). The van der Waals surface area contributed by atoms with Crippen LogP contribution in [0.25, 0.3) is 11.3 Å². The van der Waals surface area contributed by atoms with E-state index >= 15 is 0 Å². The van der Waals surface area contributed by atoms with E-state index in [4.69, 9.17) is 5.73 Å². The lowest BCUT2D eigenvalue weighted by atomic mass is 10.1. The Kier molecular flexibility index (Phi) is 4.46. The number of hydrogen-bond acceptors (Lipinski definition) is 6. The second kappa shape index (κ2) is 6.86. The Hall–Kier alpha value is -3.29. The molecule has 122 valence electrons. The van der Waals surface area contributed by atoms with Crippen molar-refractivity contribution in [3.05, 3.63) is 53.7 Å². The van der Waals surface area contributed by atoms with Crippen LogP contribution in [0.4, 0.5) is 5.95 Å². The van der Waals surface area contributed by atoms with Crippen LogP contribution in [0.3, 0.4) is 0 Å². The fourth-order valence-electron chi connectivity index (χ4n) is 2.26. The number of aromatic nitrogens is 5. The van der Waals surface area contributed by atoms with Crippen LogP contribution < -0.4 is 11.1 Å². The van der Waals surface area contributed by atoms with Gasteiger partial charge in [0, 0.05) is 24.7 Å². The zero-order valence-electron chi connectivity index (χ0n) is 13.2. The molecule has 3 aromatic rings. The number of benzene rings is 1. The summed E-state index contributed by atoms with van der Waals surface area (Å²) in [7, 11) is 0. The quantitative estimate of drug-likeness (QED) is 0.647. The monoisotopic (exact) mass is 323 g/mol. The van der Waals surface area contributed by atoms with Gasteiger partial charge in [0.05, 0.1) is 11.3 Å². The number of rotatable bonds is 5. The van der Waals surface area contributed by atoms with Crippen molar-refractivity contribution in [1.29, 1.82) is 0 Å². The van der Waals surface area contributed by atoms with Gasteiger partial charge >= 0.3 is 0 Å². The third-order valence-electron chi connectivity index (χ3n) is 3.40. The fourth-order valence-corrected chi connectivity index (χ4v) is 2.26. The molecule has 0 saturated heterocycles. The molecule has 4 N–H and O–H groups in total. The molecule has 1 aromatic carbocycles. The molecule has 0 radical (unpaired) electrons. The summed E-state index contributed by atoms with van der Waals surface area (Å²) in [4.78, 5) is 25.0. The summed E-state index contributed by atoms with van der Waals surface area (Å²) in [5.41, 5.74) is 7.36. The number of aryl methyl sites for hydroxylation is 1. The van der Waals surface area contributed by atoms with Gasteiger partial charge in [-0.1, -0.05) is 30.3 Å². The van der Waals surface area contributed by atoms with Crippen molar-refractivity contribution in [1.82, 2.24) is 30.5 Å². The lowest BCUT2D eigenvalue weighted by molar-refractivity contribution is 0.0954. The number of H-pyrrole nitrogens is 1. The number of anilines is 1. The molecule has 0 aliphatic heterocycles. The van der Waals surface area contributed by atoms with E-state index in [1.807, 2.05) is 30.3 Å². The molecule has 8 nitrogen and oxygen atoms in total. The Balaban J connectivity index is 1.75. The van der Waals surface area contributed by atoms with Gasteiger partial charge < -0.3 is 11.1 Å². The minimum atomic E-state index is -0.235. The predicted octanol–water partition coefficient (Wildman–Crippen LogP) is 1.12. The van der Waals surface area contributed by atoms with Gasteiger partial charge in [-0.2, -0.15) is 4.98 Å². The number of aromatic amines is 1. The van der Waals surface area contributed by atoms with Crippen molar-refractivity contribution in [3.63, 3.8) is 0 Å². The largest absolute Gasteiger partial charge is 0.367 e. The summed E-state index contributed by atoms with van der Waals surface area (Å²) in [6.07, 6.45) is 2.05. The van der Waals surface area contributed by atoms with E-state index in [2.05, 4.69) is 30.5 Å². The third kappa shape index (κ3) is 3.54. The van der Waals surface area contributed by atoms with E-state index in [1.54, 1.807) is 13.1 Å². The van der Waals surface area contributed by atoms with Crippen LogP contribution in [0, 0.1) is 6.92 Å². The normalized spacial score (nSPS) is 10.5. The first-order valence-electron chi connectivity index (χ1n) is 7.47. The smallest absolute Gasteiger partial charge is 0.255 e. The summed E-state index contributed by atoms with van der Waals surface area (Å²) in [5.74, 6) is 1.19. The number of carbonyl (C=O) groups is 1. The molecule has 3 rings (SSSR count). The van der Waals surface area contributed by atoms with Crippen molar-refractivity contribution < 1.29 is 4.79 Å². The van der Waals surface area contributed by atoms with Crippen molar-refractivity contribution in [3.8, 4) is 11.3 Å². The topological polar surface area (TPSA) is 122 Å². The van der Waals surface area contributed by atoms with E-state index in [0.717, 1.165) is 5.56 Å². The molecule has 0 aliphatic rings. The van der Waals surface area contributed by atoms with Crippen LogP contribution in [-0.2, 0) is 6.42 Å². The lowest BCUT2D eigenvalue weighted by Gasteiger charge is -2.09. The number of carbonyl (C=O) groups excluding carboxylic acids is 1. The Morgan fingerprint density at radius 3 is 2.75 bits per heavy atom. The highest BCUT2D eigenvalue weighted by molar-refractivity contribution is 5.99. The Labute approximate surface area is 138 Å². The molecule has 0 fully saturated rings. The molecule has 2 aromatic heterocycles. The molecule has 0 spiro atoms. The van der Waals surface area contributed by atoms with Crippen LogP contribution >= 0.6 is 0 Å². The molecule has 0 aliphatic carbocycles. The van der Waals surface area contributed by atoms with E-state index in [1.165, 1.54) is 0 Å². The lowest BCUT2D eigenvalue weighted by Crippen LogP contribution is -2.27. The second-order valence-electron chi connectivity index (χ2n) is 5.19. The number of hydrogen-bond donors (Lipinski definition) is 3. The zero-order valence-corrected chi connectivity index (χ0v) is 13.2. The van der Waals surface area contributed by atoms with E-state index in [-0.39, 0.29) is 11.9 Å². The van der Waals surface area contributed by atoms with Gasteiger partial charge in [-0.05, 0) is 6.92 Å². The molecule has 0 unspecified atom stereocenters.